The summed E-state index contributed by atoms with van der Waals surface area (Å²) < 4.78 is 5.90. The third kappa shape index (κ3) is 5.51. The molecule has 0 aliphatic carbocycles. The molecule has 0 spiro atoms. The lowest BCUT2D eigenvalue weighted by Crippen LogP contribution is -2.36. The van der Waals surface area contributed by atoms with Gasteiger partial charge in [-0.15, -0.1) is 0 Å². The summed E-state index contributed by atoms with van der Waals surface area (Å²) in [6.07, 6.45) is 0. The highest BCUT2D eigenvalue weighted by molar-refractivity contribution is 6.31. The fourth-order valence-corrected chi connectivity index (χ4v) is 4.11. The van der Waals surface area contributed by atoms with Gasteiger partial charge < -0.3 is 19.9 Å². The highest BCUT2D eigenvalue weighted by atomic mass is 35.5. The number of anilines is 2. The van der Waals surface area contributed by atoms with Crippen LogP contribution in [0.2, 0.25) is 5.02 Å². The second-order valence-electron chi connectivity index (χ2n) is 8.54. The molecule has 3 amide bonds. The average Bonchev–Trinajstić information content (AvgIpc) is 3.02. The Morgan fingerprint density at radius 2 is 1.82 bits per heavy atom. The predicted octanol–water partition coefficient (Wildman–Crippen LogP) is 5.94. The molecular weight excluding hydrogens is 450 g/mol. The van der Waals surface area contributed by atoms with E-state index in [1.165, 1.54) is 0 Å². The van der Waals surface area contributed by atoms with Crippen molar-refractivity contribution in [3.05, 3.63) is 87.9 Å². The van der Waals surface area contributed by atoms with Crippen LogP contribution in [-0.4, -0.2) is 30.0 Å². The second kappa shape index (κ2) is 10.2. The van der Waals surface area contributed by atoms with Crippen LogP contribution in [0, 0.1) is 13.8 Å². The normalized spacial score (nSPS) is 12.9. The van der Waals surface area contributed by atoms with E-state index >= 15 is 0 Å². The summed E-state index contributed by atoms with van der Waals surface area (Å²) in [6.45, 7) is 7.20. The van der Waals surface area contributed by atoms with Gasteiger partial charge in [-0.05, 0) is 61.4 Å². The van der Waals surface area contributed by atoms with Crippen LogP contribution in [0.3, 0.4) is 0 Å². The maximum atomic E-state index is 13.0. The van der Waals surface area contributed by atoms with Gasteiger partial charge in [0.25, 0.3) is 0 Å². The van der Waals surface area contributed by atoms with Crippen molar-refractivity contribution in [2.45, 2.75) is 33.9 Å². The molecule has 0 unspecified atom stereocenters. The molecule has 0 radical (unpaired) electrons. The first-order valence-electron chi connectivity index (χ1n) is 11.2. The van der Waals surface area contributed by atoms with Crippen molar-refractivity contribution in [3.63, 3.8) is 0 Å². The number of fused-ring (bicyclic) bond motifs is 1. The Morgan fingerprint density at radius 3 is 2.56 bits per heavy atom. The molecule has 7 heteroatoms. The van der Waals surface area contributed by atoms with E-state index in [1.807, 2.05) is 62.4 Å². The van der Waals surface area contributed by atoms with Crippen molar-refractivity contribution >= 4 is 34.9 Å². The minimum atomic E-state index is -0.211. The number of carbonyl (C=O) groups excluding carboxylic acids is 2. The Morgan fingerprint density at radius 1 is 1.06 bits per heavy atom. The number of urea groups is 1. The van der Waals surface area contributed by atoms with Crippen LogP contribution in [0.1, 0.15) is 29.2 Å². The number of nitrogens with one attached hydrogen (secondary N) is 1. The van der Waals surface area contributed by atoms with Crippen molar-refractivity contribution in [2.75, 3.05) is 23.4 Å². The molecule has 34 heavy (non-hydrogen) atoms. The molecule has 0 bridgehead atoms. The van der Waals surface area contributed by atoms with Crippen LogP contribution < -0.4 is 15.0 Å². The van der Waals surface area contributed by atoms with Gasteiger partial charge in [0.1, 0.15) is 12.4 Å². The van der Waals surface area contributed by atoms with E-state index in [9.17, 15) is 9.59 Å². The maximum Gasteiger partial charge on any atom is 0.322 e. The molecule has 0 saturated heterocycles. The molecule has 0 saturated carbocycles. The lowest BCUT2D eigenvalue weighted by atomic mass is 10.1. The highest BCUT2D eigenvalue weighted by Gasteiger charge is 2.22. The number of rotatable bonds is 4. The molecule has 1 heterocycles. The van der Waals surface area contributed by atoms with Gasteiger partial charge in [-0.1, -0.05) is 41.4 Å². The SMILES string of the molecule is CC(=O)N(Cc1ccc2c(c1)CN(C(=O)Nc1cc(Cl)ccc1C)CCO2)c1ccc(C)cc1. The monoisotopic (exact) mass is 477 g/mol. The number of hydrogen-bond donors (Lipinski definition) is 1. The summed E-state index contributed by atoms with van der Waals surface area (Å²) in [5, 5.41) is 3.53. The number of benzene rings is 3. The number of nitrogens with zero attached hydrogens (tertiary/aromatic N) is 2. The van der Waals surface area contributed by atoms with Gasteiger partial charge in [0.15, 0.2) is 0 Å². The molecule has 176 valence electrons. The van der Waals surface area contributed by atoms with Crippen LogP contribution in [0.4, 0.5) is 16.2 Å². The first-order chi connectivity index (χ1) is 16.3. The molecule has 0 aromatic heterocycles. The van der Waals surface area contributed by atoms with Gasteiger partial charge in [0, 0.05) is 28.9 Å². The van der Waals surface area contributed by atoms with Crippen molar-refractivity contribution < 1.29 is 14.3 Å². The lowest BCUT2D eigenvalue weighted by molar-refractivity contribution is -0.116. The topological polar surface area (TPSA) is 61.9 Å². The molecule has 1 aliphatic heterocycles. The molecule has 6 nitrogen and oxygen atoms in total. The fraction of sp³-hybridized carbons (Fsp3) is 0.259. The molecule has 1 N–H and O–H groups in total. The van der Waals surface area contributed by atoms with E-state index in [4.69, 9.17) is 16.3 Å². The number of amides is 3. The summed E-state index contributed by atoms with van der Waals surface area (Å²) in [6, 6.07) is 19.0. The second-order valence-corrected chi connectivity index (χ2v) is 8.98. The molecule has 1 aliphatic rings. The minimum Gasteiger partial charge on any atom is -0.491 e. The quantitative estimate of drug-likeness (QED) is 0.506. The molecule has 4 rings (SSSR count). The van der Waals surface area contributed by atoms with Crippen LogP contribution in [-0.2, 0) is 17.9 Å². The Labute approximate surface area is 205 Å². The molecular formula is C27H28ClN3O3. The first-order valence-corrected chi connectivity index (χ1v) is 11.6. The Balaban J connectivity index is 1.53. The summed E-state index contributed by atoms with van der Waals surface area (Å²) in [7, 11) is 0. The number of aryl methyl sites for hydroxylation is 2. The van der Waals surface area contributed by atoms with E-state index in [-0.39, 0.29) is 11.9 Å². The fourth-order valence-electron chi connectivity index (χ4n) is 3.93. The van der Waals surface area contributed by atoms with E-state index in [0.29, 0.717) is 37.0 Å². The van der Waals surface area contributed by atoms with Crippen molar-refractivity contribution in [2.24, 2.45) is 0 Å². The number of halogens is 1. The Bertz CT molecular complexity index is 1210. The molecule has 0 atom stereocenters. The first kappa shape index (κ1) is 23.6. The number of ether oxygens (including phenoxy) is 1. The van der Waals surface area contributed by atoms with Gasteiger partial charge in [-0.3, -0.25) is 4.79 Å². The zero-order valence-electron chi connectivity index (χ0n) is 19.6. The Kier molecular flexibility index (Phi) is 7.08. The summed E-state index contributed by atoms with van der Waals surface area (Å²) >= 11 is 6.10. The summed E-state index contributed by atoms with van der Waals surface area (Å²) in [5.74, 6) is 0.718. The largest absolute Gasteiger partial charge is 0.491 e. The predicted molar refractivity (Wildman–Crippen MR) is 136 cm³/mol. The van der Waals surface area contributed by atoms with Gasteiger partial charge in [0.2, 0.25) is 5.91 Å². The average molecular weight is 478 g/mol. The zero-order chi connectivity index (χ0) is 24.2. The van der Waals surface area contributed by atoms with Crippen LogP contribution in [0.5, 0.6) is 5.75 Å². The van der Waals surface area contributed by atoms with Gasteiger partial charge in [0.05, 0.1) is 19.6 Å². The maximum absolute atomic E-state index is 13.0. The number of carbonyl (C=O) groups is 2. The minimum absolute atomic E-state index is 0.0343. The van der Waals surface area contributed by atoms with Gasteiger partial charge in [-0.2, -0.15) is 0 Å². The third-order valence-electron chi connectivity index (χ3n) is 5.90. The molecule has 3 aromatic carbocycles. The zero-order valence-corrected chi connectivity index (χ0v) is 20.4. The van der Waals surface area contributed by atoms with E-state index < -0.39 is 0 Å². The van der Waals surface area contributed by atoms with Crippen LogP contribution in [0.15, 0.2) is 60.7 Å². The molecule has 3 aromatic rings. The van der Waals surface area contributed by atoms with Gasteiger partial charge >= 0.3 is 6.03 Å². The van der Waals surface area contributed by atoms with Crippen LogP contribution in [0.25, 0.3) is 0 Å². The van der Waals surface area contributed by atoms with E-state index in [1.54, 1.807) is 28.9 Å². The molecule has 0 fully saturated rings. The smallest absolute Gasteiger partial charge is 0.322 e. The van der Waals surface area contributed by atoms with Crippen molar-refractivity contribution in [1.82, 2.24) is 4.90 Å². The lowest BCUT2D eigenvalue weighted by Gasteiger charge is -2.23. The van der Waals surface area contributed by atoms with Crippen molar-refractivity contribution in [3.8, 4) is 5.75 Å². The van der Waals surface area contributed by atoms with E-state index in [0.717, 1.165) is 33.7 Å². The standard InChI is InChI=1S/C27H28ClN3O3/c1-18-4-9-24(10-5-18)31(20(3)32)16-21-7-11-26-22(14-21)17-30(12-13-34-26)27(33)29-25-15-23(28)8-6-19(25)2/h4-11,14-15H,12-13,16-17H2,1-3H3,(H,29,33). The summed E-state index contributed by atoms with van der Waals surface area (Å²) in [4.78, 5) is 28.9. The van der Waals surface area contributed by atoms with Crippen molar-refractivity contribution in [1.29, 1.82) is 0 Å². The number of hydrogen-bond acceptors (Lipinski definition) is 3. The van der Waals surface area contributed by atoms with Crippen LogP contribution >= 0.6 is 11.6 Å². The van der Waals surface area contributed by atoms with E-state index in [2.05, 4.69) is 5.32 Å². The Hall–Kier alpha value is -3.51. The van der Waals surface area contributed by atoms with Gasteiger partial charge in [-0.25, -0.2) is 4.79 Å². The summed E-state index contributed by atoms with van der Waals surface area (Å²) in [5.41, 5.74) is 5.48. The highest BCUT2D eigenvalue weighted by Crippen LogP contribution is 2.27. The third-order valence-corrected chi connectivity index (χ3v) is 6.13.